The number of aromatic nitrogens is 2. The highest BCUT2D eigenvalue weighted by Crippen LogP contribution is 2.28. The summed E-state index contributed by atoms with van der Waals surface area (Å²) in [7, 11) is -1.98. The first-order valence-corrected chi connectivity index (χ1v) is 12.6. The third kappa shape index (κ3) is 6.57. The Balaban J connectivity index is 1.53. The van der Waals surface area contributed by atoms with Gasteiger partial charge in [0.15, 0.2) is 9.84 Å². The Kier molecular flexibility index (Phi) is 7.92. The van der Waals surface area contributed by atoms with Gasteiger partial charge >= 0.3 is 6.01 Å². The quantitative estimate of drug-likeness (QED) is 0.429. The summed E-state index contributed by atoms with van der Waals surface area (Å²) in [4.78, 5) is 13.5. The SMILES string of the molecule is COc1ccc(S(=O)(=O)CCCC(=O)Nc2nnc(-c3cccc(SC(C)C)c3)o2)cc1. The standard InChI is InChI=1S/C22H25N3O5S2/c1-15(2)31-18-7-4-6-16(14-18)21-24-25-22(30-21)23-20(26)8-5-13-32(27,28)19-11-9-17(29-3)10-12-19/h4,6-7,9-12,14-15H,5,8,13H2,1-3H3,(H,23,25,26). The monoisotopic (exact) mass is 475 g/mol. The van der Waals surface area contributed by atoms with Crippen molar-refractivity contribution in [3.05, 3.63) is 48.5 Å². The molecule has 0 atom stereocenters. The smallest absolute Gasteiger partial charge is 0.322 e. The number of rotatable bonds is 10. The van der Waals surface area contributed by atoms with Crippen molar-refractivity contribution in [1.82, 2.24) is 10.2 Å². The fourth-order valence-electron chi connectivity index (χ4n) is 2.87. The van der Waals surface area contributed by atoms with E-state index in [1.165, 1.54) is 19.2 Å². The number of thioether (sulfide) groups is 1. The topological polar surface area (TPSA) is 111 Å². The molecule has 0 spiro atoms. The van der Waals surface area contributed by atoms with Crippen molar-refractivity contribution in [3.63, 3.8) is 0 Å². The van der Waals surface area contributed by atoms with Crippen LogP contribution in [0.5, 0.6) is 5.75 Å². The van der Waals surface area contributed by atoms with Crippen molar-refractivity contribution in [2.24, 2.45) is 0 Å². The van der Waals surface area contributed by atoms with E-state index in [-0.39, 0.29) is 29.5 Å². The molecule has 0 aliphatic heterocycles. The van der Waals surface area contributed by atoms with Crippen molar-refractivity contribution in [2.75, 3.05) is 18.2 Å². The molecule has 1 aromatic heterocycles. The minimum atomic E-state index is -3.49. The number of ether oxygens (including phenoxy) is 1. The molecule has 3 rings (SSSR count). The second-order valence-electron chi connectivity index (χ2n) is 7.25. The van der Waals surface area contributed by atoms with Gasteiger partial charge in [-0.05, 0) is 48.9 Å². The fourth-order valence-corrected chi connectivity index (χ4v) is 5.08. The van der Waals surface area contributed by atoms with Crippen LogP contribution in [0.1, 0.15) is 26.7 Å². The average Bonchev–Trinajstić information content (AvgIpc) is 3.22. The fraction of sp³-hybridized carbons (Fsp3) is 0.318. The predicted molar refractivity (Wildman–Crippen MR) is 124 cm³/mol. The van der Waals surface area contributed by atoms with E-state index in [0.717, 1.165) is 10.5 Å². The van der Waals surface area contributed by atoms with E-state index in [2.05, 4.69) is 29.4 Å². The zero-order valence-electron chi connectivity index (χ0n) is 18.1. The second-order valence-corrected chi connectivity index (χ2v) is 11.0. The third-order valence-electron chi connectivity index (χ3n) is 4.36. The van der Waals surface area contributed by atoms with Gasteiger partial charge in [0.2, 0.25) is 11.8 Å². The summed E-state index contributed by atoms with van der Waals surface area (Å²) in [6.45, 7) is 4.22. The van der Waals surface area contributed by atoms with Crippen molar-refractivity contribution in [3.8, 4) is 17.2 Å². The first kappa shape index (κ1) is 23.8. The Hall–Kier alpha value is -2.85. The lowest BCUT2D eigenvalue weighted by molar-refractivity contribution is -0.116. The molecule has 0 unspecified atom stereocenters. The largest absolute Gasteiger partial charge is 0.497 e. The molecule has 0 saturated heterocycles. The Bertz CT molecular complexity index is 1160. The van der Waals surface area contributed by atoms with E-state index in [4.69, 9.17) is 9.15 Å². The molecule has 0 fully saturated rings. The minimum absolute atomic E-state index is 0.00755. The molecule has 10 heteroatoms. The maximum atomic E-state index is 12.4. The van der Waals surface area contributed by atoms with Crippen LogP contribution >= 0.6 is 11.8 Å². The van der Waals surface area contributed by atoms with Gasteiger partial charge in [0.1, 0.15) is 5.75 Å². The molecular formula is C22H25N3O5S2. The van der Waals surface area contributed by atoms with E-state index in [1.807, 2.05) is 24.3 Å². The normalized spacial score (nSPS) is 11.5. The number of amides is 1. The lowest BCUT2D eigenvalue weighted by atomic mass is 10.2. The summed E-state index contributed by atoms with van der Waals surface area (Å²) in [6, 6.07) is 13.9. The lowest BCUT2D eigenvalue weighted by Gasteiger charge is -2.06. The summed E-state index contributed by atoms with van der Waals surface area (Å²) in [6.07, 6.45) is 0.170. The van der Waals surface area contributed by atoms with Crippen LogP contribution in [0, 0.1) is 0 Å². The van der Waals surface area contributed by atoms with Gasteiger partial charge in [-0.2, -0.15) is 0 Å². The van der Waals surface area contributed by atoms with Gasteiger partial charge in [-0.1, -0.05) is 25.0 Å². The molecule has 0 radical (unpaired) electrons. The zero-order valence-corrected chi connectivity index (χ0v) is 19.7. The predicted octanol–water partition coefficient (Wildman–Crippen LogP) is 4.44. The molecule has 0 bridgehead atoms. The van der Waals surface area contributed by atoms with Gasteiger partial charge in [0.25, 0.3) is 0 Å². The van der Waals surface area contributed by atoms with Gasteiger partial charge in [-0.3, -0.25) is 10.1 Å². The van der Waals surface area contributed by atoms with Crippen molar-refractivity contribution in [2.45, 2.75) is 41.7 Å². The number of sulfone groups is 1. The molecule has 32 heavy (non-hydrogen) atoms. The summed E-state index contributed by atoms with van der Waals surface area (Å²) < 4.78 is 35.4. The van der Waals surface area contributed by atoms with Crippen LogP contribution in [0.25, 0.3) is 11.5 Å². The van der Waals surface area contributed by atoms with E-state index < -0.39 is 15.7 Å². The van der Waals surface area contributed by atoms with Gasteiger partial charge < -0.3 is 9.15 Å². The van der Waals surface area contributed by atoms with Crippen molar-refractivity contribution >= 4 is 33.5 Å². The zero-order chi connectivity index (χ0) is 23.1. The molecule has 0 aliphatic carbocycles. The van der Waals surface area contributed by atoms with E-state index in [1.54, 1.807) is 23.9 Å². The number of hydrogen-bond donors (Lipinski definition) is 1. The summed E-state index contributed by atoms with van der Waals surface area (Å²) in [5, 5.41) is 10.8. The Labute approximate surface area is 191 Å². The molecule has 0 saturated carbocycles. The molecule has 3 aromatic rings. The summed E-state index contributed by atoms with van der Waals surface area (Å²) in [5.41, 5.74) is 0.759. The first-order valence-electron chi connectivity index (χ1n) is 10.0. The number of carbonyl (C=O) groups is 1. The van der Waals surface area contributed by atoms with Crippen LogP contribution in [-0.4, -0.2) is 42.6 Å². The highest BCUT2D eigenvalue weighted by atomic mass is 32.2. The summed E-state index contributed by atoms with van der Waals surface area (Å²) in [5.74, 6) is 0.331. The van der Waals surface area contributed by atoms with Gasteiger partial charge in [-0.15, -0.1) is 16.9 Å². The molecule has 1 N–H and O–H groups in total. The van der Waals surface area contributed by atoms with Crippen molar-refractivity contribution in [1.29, 1.82) is 0 Å². The average molecular weight is 476 g/mol. The van der Waals surface area contributed by atoms with Gasteiger partial charge in [0, 0.05) is 22.1 Å². The molecule has 2 aromatic carbocycles. The van der Waals surface area contributed by atoms with Crippen LogP contribution in [0.2, 0.25) is 0 Å². The maximum Gasteiger partial charge on any atom is 0.322 e. The molecular weight excluding hydrogens is 450 g/mol. The van der Waals surface area contributed by atoms with Gasteiger partial charge in [-0.25, -0.2) is 8.42 Å². The maximum absolute atomic E-state index is 12.4. The lowest BCUT2D eigenvalue weighted by Crippen LogP contribution is -2.14. The van der Waals surface area contributed by atoms with Crippen LogP contribution in [0.4, 0.5) is 6.01 Å². The number of methoxy groups -OCH3 is 1. The van der Waals surface area contributed by atoms with Crippen molar-refractivity contribution < 1.29 is 22.4 Å². The van der Waals surface area contributed by atoms with Gasteiger partial charge in [0.05, 0.1) is 17.8 Å². The Morgan fingerprint density at radius 3 is 2.59 bits per heavy atom. The number of carbonyl (C=O) groups excluding carboxylic acids is 1. The third-order valence-corrected chi connectivity index (χ3v) is 7.17. The molecule has 170 valence electrons. The van der Waals surface area contributed by atoms with E-state index in [0.29, 0.717) is 16.9 Å². The van der Waals surface area contributed by atoms with Crippen LogP contribution in [-0.2, 0) is 14.6 Å². The molecule has 1 amide bonds. The Morgan fingerprint density at radius 2 is 1.91 bits per heavy atom. The number of benzene rings is 2. The molecule has 0 aliphatic rings. The number of hydrogen-bond acceptors (Lipinski definition) is 8. The number of nitrogens with zero attached hydrogens (tertiary/aromatic N) is 2. The number of nitrogens with one attached hydrogen (secondary N) is 1. The van der Waals surface area contributed by atoms with E-state index in [9.17, 15) is 13.2 Å². The summed E-state index contributed by atoms with van der Waals surface area (Å²) >= 11 is 1.72. The highest BCUT2D eigenvalue weighted by Gasteiger charge is 2.17. The van der Waals surface area contributed by atoms with Crippen LogP contribution in [0.3, 0.4) is 0 Å². The number of anilines is 1. The minimum Gasteiger partial charge on any atom is -0.497 e. The van der Waals surface area contributed by atoms with Crippen LogP contribution < -0.4 is 10.1 Å². The first-order chi connectivity index (χ1) is 15.3. The van der Waals surface area contributed by atoms with E-state index >= 15 is 0 Å². The second kappa shape index (κ2) is 10.6. The molecule has 1 heterocycles. The highest BCUT2D eigenvalue weighted by molar-refractivity contribution is 7.99. The van der Waals surface area contributed by atoms with Crippen LogP contribution in [0.15, 0.2) is 62.7 Å². The Morgan fingerprint density at radius 1 is 1.16 bits per heavy atom. The molecule has 8 nitrogen and oxygen atoms in total.